The first kappa shape index (κ1) is 37.4. The first-order valence-corrected chi connectivity index (χ1v) is 15.1. The maximum absolute atomic E-state index is 13.4. The topological polar surface area (TPSA) is 152 Å². The van der Waals surface area contributed by atoms with Gasteiger partial charge in [0, 0.05) is 0 Å². The van der Waals surface area contributed by atoms with E-state index in [0.29, 0.717) is 6.42 Å². The molecule has 0 aliphatic heterocycles. The summed E-state index contributed by atoms with van der Waals surface area (Å²) in [6.45, 7) is 17.9. The Morgan fingerprint density at radius 1 is 0.721 bits per heavy atom. The summed E-state index contributed by atoms with van der Waals surface area (Å²) in [7, 11) is 0. The zero-order valence-corrected chi connectivity index (χ0v) is 27.4. The van der Waals surface area contributed by atoms with Crippen LogP contribution in [-0.4, -0.2) is 59.6 Å². The molecule has 0 fully saturated rings. The van der Waals surface area contributed by atoms with Gasteiger partial charge in [-0.05, 0) is 56.9 Å². The molecule has 4 atom stereocenters. The summed E-state index contributed by atoms with van der Waals surface area (Å²) < 4.78 is 10.7. The second-order valence-corrected chi connectivity index (χ2v) is 12.9. The fraction of sp³-hybridized carbons (Fsp3) is 0.656. The van der Waals surface area contributed by atoms with Crippen molar-refractivity contribution in [3.8, 4) is 0 Å². The largest absolute Gasteiger partial charge is 0.459 e. The molecule has 0 spiro atoms. The molecule has 242 valence electrons. The monoisotopic (exact) mass is 604 g/mol. The van der Waals surface area contributed by atoms with Crippen molar-refractivity contribution in [1.82, 2.24) is 21.3 Å². The van der Waals surface area contributed by atoms with Crippen LogP contribution in [0.4, 0.5) is 4.79 Å². The molecule has 4 amide bonds. The van der Waals surface area contributed by atoms with Crippen LogP contribution in [0.25, 0.3) is 0 Å². The maximum atomic E-state index is 13.4. The number of rotatable bonds is 15. The first-order valence-electron chi connectivity index (χ1n) is 15.1. The molecule has 0 aromatic heterocycles. The summed E-state index contributed by atoms with van der Waals surface area (Å²) in [4.78, 5) is 65.0. The minimum Gasteiger partial charge on any atom is -0.459 e. The van der Waals surface area contributed by atoms with Crippen molar-refractivity contribution in [1.29, 1.82) is 0 Å². The van der Waals surface area contributed by atoms with Gasteiger partial charge in [-0.1, -0.05) is 78.8 Å². The highest BCUT2D eigenvalue weighted by molar-refractivity contribution is 5.94. The molecule has 0 aliphatic rings. The summed E-state index contributed by atoms with van der Waals surface area (Å²) in [6.07, 6.45) is -0.194. The number of alkyl carbamates (subject to hydrolysis) is 1. The van der Waals surface area contributed by atoms with Gasteiger partial charge in [0.05, 0.1) is 0 Å². The van der Waals surface area contributed by atoms with Gasteiger partial charge in [-0.3, -0.25) is 14.4 Å². The Balaban J connectivity index is 2.96. The van der Waals surface area contributed by atoms with E-state index in [1.54, 1.807) is 55.4 Å². The third-order valence-corrected chi connectivity index (χ3v) is 6.44. The Morgan fingerprint density at radius 2 is 1.26 bits per heavy atom. The average molecular weight is 605 g/mol. The standard InChI is InChI=1S/C32H52N4O7/c1-11-23(33-29(39)25(20(4)5)36-31(41)43-32(8,9)10)27(37)34-24(17-19(2)3)28(38)35-26(21(6)7)30(40)42-18-22-15-13-12-14-16-22/h12-16,19-21,23-26H,11,17-18H2,1-10H3,(H,33,39)(H,34,37)(H,35,38)(H,36,41)/t23-,24+,25-,26+/m0/s1. The Morgan fingerprint density at radius 3 is 1.74 bits per heavy atom. The van der Waals surface area contributed by atoms with Crippen molar-refractivity contribution >= 4 is 29.8 Å². The fourth-order valence-electron chi connectivity index (χ4n) is 4.13. The molecular weight excluding hydrogens is 552 g/mol. The minimum absolute atomic E-state index is 0.0385. The Labute approximate surface area is 256 Å². The number of carbonyl (C=O) groups excluding carboxylic acids is 5. The van der Waals surface area contributed by atoms with Gasteiger partial charge in [-0.2, -0.15) is 0 Å². The van der Waals surface area contributed by atoms with Crippen molar-refractivity contribution < 1.29 is 33.4 Å². The predicted molar refractivity (Wildman–Crippen MR) is 165 cm³/mol. The number of esters is 1. The molecule has 0 heterocycles. The zero-order valence-electron chi connectivity index (χ0n) is 27.4. The van der Waals surface area contributed by atoms with E-state index in [-0.39, 0.29) is 30.8 Å². The van der Waals surface area contributed by atoms with E-state index in [9.17, 15) is 24.0 Å². The number of carbonyl (C=O) groups is 5. The van der Waals surface area contributed by atoms with E-state index in [1.165, 1.54) is 0 Å². The molecule has 1 rings (SSSR count). The van der Waals surface area contributed by atoms with E-state index in [1.807, 2.05) is 44.2 Å². The molecule has 0 aliphatic carbocycles. The SMILES string of the molecule is CC[C@H](NC(=O)[C@@H](NC(=O)OC(C)(C)C)C(C)C)C(=O)N[C@H](CC(C)C)C(=O)N[C@@H](C(=O)OCc1ccccc1)C(C)C. The molecule has 43 heavy (non-hydrogen) atoms. The molecule has 4 N–H and O–H groups in total. The van der Waals surface area contributed by atoms with Crippen molar-refractivity contribution in [2.75, 3.05) is 0 Å². The van der Waals surface area contributed by atoms with Crippen LogP contribution in [0, 0.1) is 17.8 Å². The van der Waals surface area contributed by atoms with Crippen LogP contribution >= 0.6 is 0 Å². The van der Waals surface area contributed by atoms with Crippen molar-refractivity contribution in [2.24, 2.45) is 17.8 Å². The molecule has 11 nitrogen and oxygen atoms in total. The molecule has 11 heteroatoms. The Kier molecular flexibility index (Phi) is 15.2. The third kappa shape index (κ3) is 13.9. The molecule has 0 bridgehead atoms. The van der Waals surface area contributed by atoms with Crippen molar-refractivity contribution in [3.05, 3.63) is 35.9 Å². The molecular formula is C32H52N4O7. The molecule has 0 unspecified atom stereocenters. The van der Waals surface area contributed by atoms with Crippen molar-refractivity contribution in [3.63, 3.8) is 0 Å². The lowest BCUT2D eigenvalue weighted by molar-refractivity contribution is -0.150. The van der Waals surface area contributed by atoms with Gasteiger partial charge >= 0.3 is 12.1 Å². The zero-order chi connectivity index (χ0) is 32.9. The lowest BCUT2D eigenvalue weighted by atomic mass is 9.99. The van der Waals surface area contributed by atoms with Gasteiger partial charge in [0.15, 0.2) is 0 Å². The van der Waals surface area contributed by atoms with E-state index in [4.69, 9.17) is 9.47 Å². The minimum atomic E-state index is -0.964. The summed E-state index contributed by atoms with van der Waals surface area (Å²) in [6, 6.07) is 5.44. The highest BCUT2D eigenvalue weighted by Gasteiger charge is 2.33. The van der Waals surface area contributed by atoms with E-state index in [2.05, 4.69) is 21.3 Å². The van der Waals surface area contributed by atoms with Crippen LogP contribution in [0.15, 0.2) is 30.3 Å². The molecule has 0 saturated heterocycles. The van der Waals surface area contributed by atoms with Gasteiger partial charge in [0.2, 0.25) is 17.7 Å². The number of nitrogens with one attached hydrogen (secondary N) is 4. The van der Waals surface area contributed by atoms with Gasteiger partial charge < -0.3 is 30.7 Å². The van der Waals surface area contributed by atoms with Crippen molar-refractivity contribution in [2.45, 2.75) is 118 Å². The lowest BCUT2D eigenvalue weighted by Gasteiger charge is -2.28. The summed E-state index contributed by atoms with van der Waals surface area (Å²) in [5, 5.41) is 10.8. The number of amides is 4. The molecule has 1 aromatic rings. The third-order valence-electron chi connectivity index (χ3n) is 6.44. The number of hydrogen-bond acceptors (Lipinski definition) is 7. The van der Waals surface area contributed by atoms with Gasteiger partial charge in [-0.15, -0.1) is 0 Å². The van der Waals surface area contributed by atoms with Crippen LogP contribution in [0.5, 0.6) is 0 Å². The van der Waals surface area contributed by atoms with Crippen LogP contribution in [-0.2, 0) is 35.3 Å². The summed E-state index contributed by atoms with van der Waals surface area (Å²) in [5.41, 5.74) is 0.0796. The average Bonchev–Trinajstić information content (AvgIpc) is 2.90. The van der Waals surface area contributed by atoms with Gasteiger partial charge in [-0.25, -0.2) is 9.59 Å². The summed E-state index contributed by atoms with van der Waals surface area (Å²) in [5.74, 6) is -2.71. The quantitative estimate of drug-likeness (QED) is 0.222. The highest BCUT2D eigenvalue weighted by atomic mass is 16.6. The molecule has 0 saturated carbocycles. The van der Waals surface area contributed by atoms with Crippen LogP contribution in [0.3, 0.4) is 0 Å². The second kappa shape index (κ2) is 17.5. The normalized spacial score (nSPS) is 14.3. The van der Waals surface area contributed by atoms with E-state index < -0.39 is 59.6 Å². The van der Waals surface area contributed by atoms with Crippen LogP contribution in [0.2, 0.25) is 0 Å². The highest BCUT2D eigenvalue weighted by Crippen LogP contribution is 2.12. The van der Waals surface area contributed by atoms with Gasteiger partial charge in [0.1, 0.15) is 36.4 Å². The Hall–Kier alpha value is -3.63. The van der Waals surface area contributed by atoms with Gasteiger partial charge in [0.25, 0.3) is 0 Å². The predicted octanol–water partition coefficient (Wildman–Crippen LogP) is 3.85. The second-order valence-electron chi connectivity index (χ2n) is 12.9. The smallest absolute Gasteiger partial charge is 0.408 e. The van der Waals surface area contributed by atoms with E-state index in [0.717, 1.165) is 5.56 Å². The first-order chi connectivity index (χ1) is 19.9. The molecule has 1 aromatic carbocycles. The summed E-state index contributed by atoms with van der Waals surface area (Å²) >= 11 is 0. The van der Waals surface area contributed by atoms with Crippen LogP contribution < -0.4 is 21.3 Å². The Bertz CT molecular complexity index is 1070. The fourth-order valence-corrected chi connectivity index (χ4v) is 4.13. The maximum Gasteiger partial charge on any atom is 0.408 e. The number of ether oxygens (including phenoxy) is 2. The molecule has 0 radical (unpaired) electrons. The number of benzene rings is 1. The lowest BCUT2D eigenvalue weighted by Crippen LogP contribution is -2.59. The van der Waals surface area contributed by atoms with Crippen LogP contribution in [0.1, 0.15) is 87.6 Å². The van der Waals surface area contributed by atoms with E-state index >= 15 is 0 Å². The number of hydrogen-bond donors (Lipinski definition) is 4.